The van der Waals surface area contributed by atoms with Crippen LogP contribution >= 0.6 is 0 Å². The molecule has 1 fully saturated rings. The molecule has 1 aliphatic heterocycles. The molecule has 1 aromatic rings. The fourth-order valence-corrected chi connectivity index (χ4v) is 3.08. The predicted octanol–water partition coefficient (Wildman–Crippen LogP) is 2.68. The van der Waals surface area contributed by atoms with Crippen molar-refractivity contribution in [2.75, 3.05) is 26.2 Å². The summed E-state index contributed by atoms with van der Waals surface area (Å²) < 4.78 is 0. The van der Waals surface area contributed by atoms with Gasteiger partial charge in [0.1, 0.15) is 0 Å². The first kappa shape index (κ1) is 14.5. The molecule has 1 unspecified atom stereocenters. The van der Waals surface area contributed by atoms with Gasteiger partial charge in [-0.2, -0.15) is 0 Å². The van der Waals surface area contributed by atoms with Crippen LogP contribution in [0.15, 0.2) is 24.5 Å². The van der Waals surface area contributed by atoms with Gasteiger partial charge in [0.05, 0.1) is 0 Å². The third-order valence-electron chi connectivity index (χ3n) is 4.47. The quantitative estimate of drug-likeness (QED) is 0.853. The average molecular weight is 261 g/mol. The molecule has 1 aliphatic rings. The van der Waals surface area contributed by atoms with Gasteiger partial charge in [-0.1, -0.05) is 13.8 Å². The van der Waals surface area contributed by atoms with Gasteiger partial charge in [0.2, 0.25) is 0 Å². The van der Waals surface area contributed by atoms with E-state index in [4.69, 9.17) is 0 Å². The van der Waals surface area contributed by atoms with E-state index < -0.39 is 0 Å². The third-order valence-corrected chi connectivity index (χ3v) is 4.47. The molecule has 0 radical (unpaired) electrons. The van der Waals surface area contributed by atoms with Gasteiger partial charge in [-0.25, -0.2) is 0 Å². The van der Waals surface area contributed by atoms with Crippen molar-refractivity contribution in [3.63, 3.8) is 0 Å². The van der Waals surface area contributed by atoms with Crippen molar-refractivity contribution in [2.45, 2.75) is 39.7 Å². The zero-order valence-electron chi connectivity index (χ0n) is 12.4. The van der Waals surface area contributed by atoms with Crippen LogP contribution in [0.4, 0.5) is 0 Å². The van der Waals surface area contributed by atoms with Crippen molar-refractivity contribution in [3.05, 3.63) is 30.1 Å². The maximum atomic E-state index is 4.10. The van der Waals surface area contributed by atoms with Crippen LogP contribution in [0.25, 0.3) is 0 Å². The predicted molar refractivity (Wildman–Crippen MR) is 80.0 cm³/mol. The minimum absolute atomic E-state index is 0.474. The van der Waals surface area contributed by atoms with E-state index in [1.54, 1.807) is 0 Å². The van der Waals surface area contributed by atoms with E-state index in [2.05, 4.69) is 41.2 Å². The standard InChI is InChI=1S/C16H27N3/c1-3-16(8-5-9-18-13-16)14-19(4-2)12-15-6-10-17-11-7-15/h6-7,10-11,18H,3-5,8-9,12-14H2,1-2H3. The lowest BCUT2D eigenvalue weighted by Crippen LogP contribution is -2.47. The molecule has 2 rings (SSSR count). The van der Waals surface area contributed by atoms with Gasteiger partial charge < -0.3 is 5.32 Å². The second-order valence-corrected chi connectivity index (χ2v) is 5.79. The molecule has 1 saturated heterocycles. The zero-order valence-corrected chi connectivity index (χ0v) is 12.4. The largest absolute Gasteiger partial charge is 0.316 e. The van der Waals surface area contributed by atoms with E-state index in [0.717, 1.165) is 13.1 Å². The van der Waals surface area contributed by atoms with E-state index in [9.17, 15) is 0 Å². The molecule has 0 saturated carbocycles. The van der Waals surface area contributed by atoms with Gasteiger partial charge in [-0.3, -0.25) is 9.88 Å². The van der Waals surface area contributed by atoms with Crippen LogP contribution in [0.5, 0.6) is 0 Å². The van der Waals surface area contributed by atoms with E-state index in [1.165, 1.54) is 44.5 Å². The molecule has 3 nitrogen and oxygen atoms in total. The van der Waals surface area contributed by atoms with E-state index in [0.29, 0.717) is 5.41 Å². The Balaban J connectivity index is 1.97. The number of hydrogen-bond donors (Lipinski definition) is 1. The Morgan fingerprint density at radius 3 is 2.68 bits per heavy atom. The van der Waals surface area contributed by atoms with Gasteiger partial charge >= 0.3 is 0 Å². The Morgan fingerprint density at radius 2 is 2.11 bits per heavy atom. The van der Waals surface area contributed by atoms with E-state index >= 15 is 0 Å². The summed E-state index contributed by atoms with van der Waals surface area (Å²) in [5, 5.41) is 3.58. The molecule has 0 amide bonds. The molecule has 19 heavy (non-hydrogen) atoms. The summed E-state index contributed by atoms with van der Waals surface area (Å²) >= 11 is 0. The Hall–Kier alpha value is -0.930. The number of hydrogen-bond acceptors (Lipinski definition) is 3. The highest BCUT2D eigenvalue weighted by Crippen LogP contribution is 2.31. The van der Waals surface area contributed by atoms with Gasteiger partial charge in [0, 0.05) is 32.0 Å². The van der Waals surface area contributed by atoms with Gasteiger partial charge in [0.15, 0.2) is 0 Å². The monoisotopic (exact) mass is 261 g/mol. The van der Waals surface area contributed by atoms with Crippen LogP contribution in [0.1, 0.15) is 38.7 Å². The fraction of sp³-hybridized carbons (Fsp3) is 0.688. The highest BCUT2D eigenvalue weighted by atomic mass is 15.1. The van der Waals surface area contributed by atoms with Crippen LogP contribution in [0, 0.1) is 5.41 Å². The maximum Gasteiger partial charge on any atom is 0.0271 e. The van der Waals surface area contributed by atoms with Crippen molar-refractivity contribution in [2.24, 2.45) is 5.41 Å². The molecular formula is C16H27N3. The van der Waals surface area contributed by atoms with Gasteiger partial charge in [0.25, 0.3) is 0 Å². The fourth-order valence-electron chi connectivity index (χ4n) is 3.08. The molecule has 0 aromatic carbocycles. The molecule has 1 N–H and O–H groups in total. The SMILES string of the molecule is CCN(Cc1ccncc1)CC1(CC)CCCNC1. The van der Waals surface area contributed by atoms with Crippen LogP contribution in [-0.4, -0.2) is 36.1 Å². The third kappa shape index (κ3) is 4.02. The molecule has 2 heterocycles. The Kier molecular flexibility index (Phi) is 5.34. The summed E-state index contributed by atoms with van der Waals surface area (Å²) in [7, 11) is 0. The molecule has 0 bridgehead atoms. The van der Waals surface area contributed by atoms with Gasteiger partial charge in [-0.05, 0) is 55.5 Å². The first-order chi connectivity index (χ1) is 9.28. The van der Waals surface area contributed by atoms with Crippen LogP contribution in [-0.2, 0) is 6.54 Å². The zero-order chi connectivity index (χ0) is 13.6. The van der Waals surface area contributed by atoms with Crippen molar-refractivity contribution in [1.82, 2.24) is 15.2 Å². The first-order valence-electron chi connectivity index (χ1n) is 7.60. The molecule has 106 valence electrons. The summed E-state index contributed by atoms with van der Waals surface area (Å²) in [4.78, 5) is 6.67. The Bertz CT molecular complexity index is 358. The van der Waals surface area contributed by atoms with Gasteiger partial charge in [-0.15, -0.1) is 0 Å². The highest BCUT2D eigenvalue weighted by Gasteiger charge is 2.31. The number of pyridine rings is 1. The van der Waals surface area contributed by atoms with E-state index in [1.807, 2.05) is 12.4 Å². The minimum atomic E-state index is 0.474. The summed E-state index contributed by atoms with van der Waals surface area (Å²) in [5.41, 5.74) is 1.84. The van der Waals surface area contributed by atoms with Crippen molar-refractivity contribution >= 4 is 0 Å². The second kappa shape index (κ2) is 7.01. The first-order valence-corrected chi connectivity index (χ1v) is 7.60. The lowest BCUT2D eigenvalue weighted by atomic mass is 9.78. The van der Waals surface area contributed by atoms with Crippen molar-refractivity contribution in [3.8, 4) is 0 Å². The Morgan fingerprint density at radius 1 is 1.32 bits per heavy atom. The molecule has 3 heteroatoms. The normalized spacial score (nSPS) is 23.7. The Labute approximate surface area is 117 Å². The van der Waals surface area contributed by atoms with Crippen LogP contribution in [0.3, 0.4) is 0 Å². The lowest BCUT2D eigenvalue weighted by Gasteiger charge is -2.40. The summed E-state index contributed by atoms with van der Waals surface area (Å²) in [6.07, 6.45) is 7.73. The lowest BCUT2D eigenvalue weighted by molar-refractivity contribution is 0.111. The number of aromatic nitrogens is 1. The molecule has 1 aromatic heterocycles. The number of rotatable bonds is 6. The van der Waals surface area contributed by atoms with E-state index in [-0.39, 0.29) is 0 Å². The summed E-state index contributed by atoms with van der Waals surface area (Å²) in [5.74, 6) is 0. The smallest absolute Gasteiger partial charge is 0.0271 e. The highest BCUT2D eigenvalue weighted by molar-refractivity contribution is 5.09. The number of nitrogens with one attached hydrogen (secondary N) is 1. The molecule has 0 aliphatic carbocycles. The number of nitrogens with zero attached hydrogens (tertiary/aromatic N) is 2. The molecular weight excluding hydrogens is 234 g/mol. The summed E-state index contributed by atoms with van der Waals surface area (Å²) in [6.45, 7) is 10.3. The average Bonchev–Trinajstić information content (AvgIpc) is 2.48. The van der Waals surface area contributed by atoms with Crippen molar-refractivity contribution < 1.29 is 0 Å². The number of piperidine rings is 1. The molecule has 0 spiro atoms. The minimum Gasteiger partial charge on any atom is -0.316 e. The second-order valence-electron chi connectivity index (χ2n) is 5.79. The van der Waals surface area contributed by atoms with Crippen molar-refractivity contribution in [1.29, 1.82) is 0 Å². The molecule has 1 atom stereocenters. The van der Waals surface area contributed by atoms with Crippen LogP contribution in [0.2, 0.25) is 0 Å². The topological polar surface area (TPSA) is 28.2 Å². The summed E-state index contributed by atoms with van der Waals surface area (Å²) in [6, 6.07) is 4.25. The maximum absolute atomic E-state index is 4.10. The van der Waals surface area contributed by atoms with Crippen LogP contribution < -0.4 is 5.32 Å².